The van der Waals surface area contributed by atoms with E-state index < -0.39 is 0 Å². The molecule has 6 nitrogen and oxygen atoms in total. The quantitative estimate of drug-likeness (QED) is 0.890. The second-order valence-electron chi connectivity index (χ2n) is 7.03. The van der Waals surface area contributed by atoms with Crippen LogP contribution in [0.4, 0.5) is 17.1 Å². The number of anilines is 3. The van der Waals surface area contributed by atoms with Gasteiger partial charge >= 0.3 is 0 Å². The summed E-state index contributed by atoms with van der Waals surface area (Å²) in [6.45, 7) is 0.633. The van der Waals surface area contributed by atoms with Crippen molar-refractivity contribution in [2.24, 2.45) is 0 Å². The van der Waals surface area contributed by atoms with Crippen LogP contribution in [0.15, 0.2) is 48.5 Å². The summed E-state index contributed by atoms with van der Waals surface area (Å²) < 4.78 is 0. The van der Waals surface area contributed by atoms with E-state index in [1.54, 1.807) is 0 Å². The third-order valence-electron chi connectivity index (χ3n) is 5.04. The standard InChI is InChI=1S/C20H22N4O2/c1-23(2)15-7-5-6-13(10-15)19(25)21-14-11-18-20(26)22-16-8-3-4-9-17(16)24(18)12-14/h3-10,14,18H,11-12H2,1-2H3,(H,21,25)(H,22,26). The lowest BCUT2D eigenvalue weighted by Crippen LogP contribution is -2.44. The van der Waals surface area contributed by atoms with Crippen molar-refractivity contribution in [2.45, 2.75) is 18.5 Å². The molecule has 6 heteroatoms. The number of fused-ring (bicyclic) bond motifs is 3. The molecule has 1 saturated heterocycles. The molecule has 0 aliphatic carbocycles. The Hall–Kier alpha value is -3.02. The van der Waals surface area contributed by atoms with Crippen molar-refractivity contribution < 1.29 is 9.59 Å². The zero-order chi connectivity index (χ0) is 18.3. The fourth-order valence-corrected chi connectivity index (χ4v) is 3.70. The molecular formula is C20H22N4O2. The Morgan fingerprint density at radius 1 is 1.19 bits per heavy atom. The molecule has 2 aliphatic heterocycles. The highest BCUT2D eigenvalue weighted by atomic mass is 16.2. The molecule has 1 fully saturated rings. The molecule has 0 bridgehead atoms. The molecule has 2 unspecified atom stereocenters. The Labute approximate surface area is 152 Å². The van der Waals surface area contributed by atoms with Crippen LogP contribution in [-0.2, 0) is 4.79 Å². The molecule has 0 saturated carbocycles. The van der Waals surface area contributed by atoms with Gasteiger partial charge in [0.25, 0.3) is 5.91 Å². The molecule has 0 aromatic heterocycles. The van der Waals surface area contributed by atoms with Crippen molar-refractivity contribution in [3.05, 3.63) is 54.1 Å². The Bertz CT molecular complexity index is 864. The molecule has 0 spiro atoms. The highest BCUT2D eigenvalue weighted by Gasteiger charge is 2.41. The van der Waals surface area contributed by atoms with Gasteiger partial charge in [-0.1, -0.05) is 18.2 Å². The van der Waals surface area contributed by atoms with E-state index in [0.717, 1.165) is 17.1 Å². The number of carbonyl (C=O) groups is 2. The average molecular weight is 350 g/mol. The molecule has 2 aromatic carbocycles. The number of carbonyl (C=O) groups excluding carboxylic acids is 2. The monoisotopic (exact) mass is 350 g/mol. The first kappa shape index (κ1) is 16.4. The Kier molecular flexibility index (Phi) is 4.03. The van der Waals surface area contributed by atoms with Gasteiger partial charge in [-0.25, -0.2) is 0 Å². The number of hydrogen-bond donors (Lipinski definition) is 2. The third-order valence-corrected chi connectivity index (χ3v) is 5.04. The predicted molar refractivity (Wildman–Crippen MR) is 103 cm³/mol. The van der Waals surface area contributed by atoms with E-state index in [1.807, 2.05) is 67.5 Å². The van der Waals surface area contributed by atoms with Crippen LogP contribution >= 0.6 is 0 Å². The van der Waals surface area contributed by atoms with E-state index >= 15 is 0 Å². The van der Waals surface area contributed by atoms with Gasteiger partial charge in [-0.3, -0.25) is 9.59 Å². The molecule has 2 N–H and O–H groups in total. The van der Waals surface area contributed by atoms with Gasteiger partial charge in [0.15, 0.2) is 0 Å². The Morgan fingerprint density at radius 3 is 2.81 bits per heavy atom. The minimum absolute atomic E-state index is 0.00458. The zero-order valence-electron chi connectivity index (χ0n) is 14.9. The van der Waals surface area contributed by atoms with Crippen LogP contribution in [0, 0.1) is 0 Å². The second kappa shape index (κ2) is 6.37. The first-order valence-electron chi connectivity index (χ1n) is 8.78. The number of nitrogens with one attached hydrogen (secondary N) is 2. The summed E-state index contributed by atoms with van der Waals surface area (Å²) in [7, 11) is 3.89. The molecular weight excluding hydrogens is 328 g/mol. The second-order valence-corrected chi connectivity index (χ2v) is 7.03. The van der Waals surface area contributed by atoms with Crippen molar-refractivity contribution in [3.8, 4) is 0 Å². The van der Waals surface area contributed by atoms with Crippen LogP contribution in [0.5, 0.6) is 0 Å². The fourth-order valence-electron chi connectivity index (χ4n) is 3.70. The molecule has 2 amide bonds. The molecule has 0 radical (unpaired) electrons. The van der Waals surface area contributed by atoms with Crippen LogP contribution in [0.2, 0.25) is 0 Å². The first-order valence-corrected chi connectivity index (χ1v) is 8.78. The lowest BCUT2D eigenvalue weighted by Gasteiger charge is -2.32. The van der Waals surface area contributed by atoms with Crippen molar-refractivity contribution in [3.63, 3.8) is 0 Å². The summed E-state index contributed by atoms with van der Waals surface area (Å²) in [6, 6.07) is 15.0. The molecule has 26 heavy (non-hydrogen) atoms. The number of amides is 2. The maximum Gasteiger partial charge on any atom is 0.251 e. The third kappa shape index (κ3) is 2.87. The fraction of sp³-hybridized carbons (Fsp3) is 0.300. The zero-order valence-corrected chi connectivity index (χ0v) is 14.9. The van der Waals surface area contributed by atoms with Gasteiger partial charge in [-0.05, 0) is 36.8 Å². The van der Waals surface area contributed by atoms with Crippen LogP contribution in [0.1, 0.15) is 16.8 Å². The van der Waals surface area contributed by atoms with Gasteiger partial charge in [-0.2, -0.15) is 0 Å². The van der Waals surface area contributed by atoms with Crippen molar-refractivity contribution in [1.82, 2.24) is 5.32 Å². The lowest BCUT2D eigenvalue weighted by molar-refractivity contribution is -0.117. The number of hydrogen-bond acceptors (Lipinski definition) is 4. The molecule has 2 atom stereocenters. The van der Waals surface area contributed by atoms with Crippen LogP contribution in [0.3, 0.4) is 0 Å². The normalized spacial score (nSPS) is 20.8. The van der Waals surface area contributed by atoms with Gasteiger partial charge in [0.05, 0.1) is 11.4 Å². The minimum Gasteiger partial charge on any atom is -0.378 e. The molecule has 2 aliphatic rings. The maximum atomic E-state index is 12.7. The number of para-hydroxylation sites is 2. The number of nitrogens with zero attached hydrogens (tertiary/aromatic N) is 2. The highest BCUT2D eigenvalue weighted by Crippen LogP contribution is 2.36. The average Bonchev–Trinajstić information content (AvgIpc) is 3.06. The first-order chi connectivity index (χ1) is 12.5. The largest absolute Gasteiger partial charge is 0.378 e. The summed E-state index contributed by atoms with van der Waals surface area (Å²) in [5.74, 6) is -0.109. The minimum atomic E-state index is -0.233. The molecule has 2 aromatic rings. The van der Waals surface area contributed by atoms with E-state index in [1.165, 1.54) is 0 Å². The summed E-state index contributed by atoms with van der Waals surface area (Å²) in [6.07, 6.45) is 0.610. The predicted octanol–water partition coefficient (Wildman–Crippen LogP) is 2.08. The Balaban J connectivity index is 1.50. The van der Waals surface area contributed by atoms with Crippen molar-refractivity contribution in [1.29, 1.82) is 0 Å². The maximum absolute atomic E-state index is 12.7. The molecule has 134 valence electrons. The summed E-state index contributed by atoms with van der Waals surface area (Å²) in [4.78, 5) is 29.1. The van der Waals surface area contributed by atoms with E-state index in [0.29, 0.717) is 18.5 Å². The van der Waals surface area contributed by atoms with Crippen LogP contribution in [-0.4, -0.2) is 44.5 Å². The van der Waals surface area contributed by atoms with Gasteiger partial charge in [-0.15, -0.1) is 0 Å². The lowest BCUT2D eigenvalue weighted by atomic mass is 10.1. The van der Waals surface area contributed by atoms with Crippen molar-refractivity contribution >= 4 is 28.9 Å². The van der Waals surface area contributed by atoms with Crippen LogP contribution in [0.25, 0.3) is 0 Å². The SMILES string of the molecule is CN(C)c1cccc(C(=O)NC2CC3C(=O)Nc4ccccc4N3C2)c1. The summed E-state index contributed by atoms with van der Waals surface area (Å²) >= 11 is 0. The smallest absolute Gasteiger partial charge is 0.251 e. The summed E-state index contributed by atoms with van der Waals surface area (Å²) in [5, 5.41) is 6.05. The topological polar surface area (TPSA) is 64.7 Å². The molecule has 4 rings (SSSR count). The molecule has 2 heterocycles. The number of rotatable bonds is 3. The summed E-state index contributed by atoms with van der Waals surface area (Å²) in [5.41, 5.74) is 3.46. The van der Waals surface area contributed by atoms with Crippen LogP contribution < -0.4 is 20.4 Å². The van der Waals surface area contributed by atoms with Crippen molar-refractivity contribution in [2.75, 3.05) is 35.8 Å². The Morgan fingerprint density at radius 2 is 2.00 bits per heavy atom. The number of benzene rings is 2. The van der Waals surface area contributed by atoms with E-state index in [4.69, 9.17) is 0 Å². The van der Waals surface area contributed by atoms with Gasteiger partial charge in [0.2, 0.25) is 5.91 Å². The van der Waals surface area contributed by atoms with E-state index in [-0.39, 0.29) is 23.9 Å². The van der Waals surface area contributed by atoms with Gasteiger partial charge in [0, 0.05) is 37.9 Å². The van der Waals surface area contributed by atoms with Gasteiger partial charge in [0.1, 0.15) is 6.04 Å². The van der Waals surface area contributed by atoms with Gasteiger partial charge < -0.3 is 20.4 Å². The van der Waals surface area contributed by atoms with E-state index in [2.05, 4.69) is 15.5 Å². The van der Waals surface area contributed by atoms with E-state index in [9.17, 15) is 9.59 Å². The highest BCUT2D eigenvalue weighted by molar-refractivity contribution is 6.04.